The highest BCUT2D eigenvalue weighted by Gasteiger charge is 2.10. The molecule has 0 aliphatic carbocycles. The Labute approximate surface area is 111 Å². The van der Waals surface area contributed by atoms with Gasteiger partial charge in [0.1, 0.15) is 0 Å². The van der Waals surface area contributed by atoms with Crippen LogP contribution in [-0.4, -0.2) is 18.5 Å². The van der Waals surface area contributed by atoms with Crippen molar-refractivity contribution in [2.45, 2.75) is 32.9 Å². The first-order valence-electron chi connectivity index (χ1n) is 5.89. The van der Waals surface area contributed by atoms with Gasteiger partial charge in [-0.1, -0.05) is 35.0 Å². The van der Waals surface area contributed by atoms with E-state index in [4.69, 9.17) is 0 Å². The molecule has 1 aromatic rings. The zero-order valence-corrected chi connectivity index (χ0v) is 11.9. The summed E-state index contributed by atoms with van der Waals surface area (Å²) in [4.78, 5) is 11.6. The van der Waals surface area contributed by atoms with Gasteiger partial charge in [0.05, 0.1) is 6.04 Å². The number of nitrogens with one attached hydrogen (secondary N) is 2. The van der Waals surface area contributed by atoms with Crippen LogP contribution in [0.25, 0.3) is 0 Å². The first kappa shape index (κ1) is 14.2. The fourth-order valence-electron chi connectivity index (χ4n) is 1.37. The molecule has 0 heterocycles. The lowest BCUT2D eigenvalue weighted by atomic mass is 10.2. The molecule has 0 aliphatic rings. The molecule has 0 aromatic heterocycles. The lowest BCUT2D eigenvalue weighted by Crippen LogP contribution is -2.42. The molecule has 1 aromatic carbocycles. The molecule has 0 spiro atoms. The Bertz CT molecular complexity index is 351. The molecule has 2 N–H and O–H groups in total. The third-order valence-electron chi connectivity index (χ3n) is 2.47. The van der Waals surface area contributed by atoms with Crippen LogP contribution in [0.3, 0.4) is 0 Å². The third kappa shape index (κ3) is 5.33. The van der Waals surface area contributed by atoms with Gasteiger partial charge in [-0.3, -0.25) is 4.79 Å². The second kappa shape index (κ2) is 7.45. The summed E-state index contributed by atoms with van der Waals surface area (Å²) in [7, 11) is 0. The average molecular weight is 299 g/mol. The fraction of sp³-hybridized carbons (Fsp3) is 0.462. The minimum atomic E-state index is -0.162. The van der Waals surface area contributed by atoms with Crippen LogP contribution in [-0.2, 0) is 11.3 Å². The molecule has 4 heteroatoms. The maximum Gasteiger partial charge on any atom is 0.236 e. The number of hydrogen-bond donors (Lipinski definition) is 2. The highest BCUT2D eigenvalue weighted by atomic mass is 79.9. The van der Waals surface area contributed by atoms with Crippen LogP contribution in [0, 0.1) is 0 Å². The summed E-state index contributed by atoms with van der Waals surface area (Å²) >= 11 is 3.39. The summed E-state index contributed by atoms with van der Waals surface area (Å²) in [5.74, 6) is 0.0592. The molecule has 17 heavy (non-hydrogen) atoms. The average Bonchev–Trinajstić information content (AvgIpc) is 2.34. The molecule has 1 unspecified atom stereocenters. The maximum atomic E-state index is 11.6. The third-order valence-corrected chi connectivity index (χ3v) is 3.00. The standard InChI is InChI=1S/C13H19BrN2O/c1-3-8-15-13(17)10(2)16-9-11-4-6-12(14)7-5-11/h4-7,10,16H,3,8-9H2,1-2H3,(H,15,17). The summed E-state index contributed by atoms with van der Waals surface area (Å²) in [6.07, 6.45) is 0.963. The van der Waals surface area contributed by atoms with Crippen LogP contribution in [0.1, 0.15) is 25.8 Å². The van der Waals surface area contributed by atoms with Gasteiger partial charge in [-0.2, -0.15) is 0 Å². The first-order valence-corrected chi connectivity index (χ1v) is 6.68. The van der Waals surface area contributed by atoms with E-state index in [1.807, 2.05) is 38.1 Å². The first-order chi connectivity index (χ1) is 8.13. The van der Waals surface area contributed by atoms with Crippen molar-refractivity contribution >= 4 is 21.8 Å². The van der Waals surface area contributed by atoms with E-state index in [0.717, 1.165) is 17.4 Å². The van der Waals surface area contributed by atoms with Gasteiger partial charge in [0.15, 0.2) is 0 Å². The van der Waals surface area contributed by atoms with E-state index in [0.29, 0.717) is 6.54 Å². The van der Waals surface area contributed by atoms with Crippen molar-refractivity contribution < 1.29 is 4.79 Å². The molecule has 3 nitrogen and oxygen atoms in total. The van der Waals surface area contributed by atoms with Crippen molar-refractivity contribution in [3.63, 3.8) is 0 Å². The number of rotatable bonds is 6. The predicted molar refractivity (Wildman–Crippen MR) is 73.7 cm³/mol. The normalized spacial score (nSPS) is 12.2. The summed E-state index contributed by atoms with van der Waals surface area (Å²) in [5.41, 5.74) is 1.17. The monoisotopic (exact) mass is 298 g/mol. The summed E-state index contributed by atoms with van der Waals surface area (Å²) < 4.78 is 1.06. The van der Waals surface area contributed by atoms with E-state index in [9.17, 15) is 4.79 Å². The Balaban J connectivity index is 2.34. The zero-order valence-electron chi connectivity index (χ0n) is 10.3. The Hall–Kier alpha value is -0.870. The van der Waals surface area contributed by atoms with Crippen molar-refractivity contribution in [1.29, 1.82) is 0 Å². The predicted octanol–water partition coefficient (Wildman–Crippen LogP) is 2.45. The minimum Gasteiger partial charge on any atom is -0.355 e. The molecule has 0 saturated carbocycles. The maximum absolute atomic E-state index is 11.6. The lowest BCUT2D eigenvalue weighted by Gasteiger charge is -2.13. The van der Waals surface area contributed by atoms with E-state index < -0.39 is 0 Å². The molecule has 0 bridgehead atoms. The Morgan fingerprint density at radius 2 is 2.00 bits per heavy atom. The number of halogens is 1. The second-order valence-electron chi connectivity index (χ2n) is 4.02. The van der Waals surface area contributed by atoms with E-state index in [2.05, 4.69) is 26.6 Å². The van der Waals surface area contributed by atoms with Gasteiger partial charge in [-0.05, 0) is 31.0 Å². The van der Waals surface area contributed by atoms with Crippen molar-refractivity contribution in [2.24, 2.45) is 0 Å². The second-order valence-corrected chi connectivity index (χ2v) is 4.94. The SMILES string of the molecule is CCCNC(=O)C(C)NCc1ccc(Br)cc1. The summed E-state index contributed by atoms with van der Waals surface area (Å²) in [5, 5.41) is 6.07. The Morgan fingerprint density at radius 3 is 2.59 bits per heavy atom. The van der Waals surface area contributed by atoms with E-state index in [1.54, 1.807) is 0 Å². The Kier molecular flexibility index (Phi) is 6.22. The quantitative estimate of drug-likeness (QED) is 0.847. The van der Waals surface area contributed by atoms with Crippen molar-refractivity contribution in [3.05, 3.63) is 34.3 Å². The number of carbonyl (C=O) groups is 1. The van der Waals surface area contributed by atoms with Crippen molar-refractivity contribution in [3.8, 4) is 0 Å². The van der Waals surface area contributed by atoms with Crippen LogP contribution in [0.5, 0.6) is 0 Å². The highest BCUT2D eigenvalue weighted by molar-refractivity contribution is 9.10. The van der Waals surface area contributed by atoms with Crippen molar-refractivity contribution in [2.75, 3.05) is 6.54 Å². The van der Waals surface area contributed by atoms with Gasteiger partial charge >= 0.3 is 0 Å². The summed E-state index contributed by atoms with van der Waals surface area (Å²) in [6, 6.07) is 7.91. The van der Waals surface area contributed by atoms with Crippen molar-refractivity contribution in [1.82, 2.24) is 10.6 Å². The number of benzene rings is 1. The van der Waals surface area contributed by atoms with Gasteiger partial charge in [0, 0.05) is 17.6 Å². The highest BCUT2D eigenvalue weighted by Crippen LogP contribution is 2.10. The molecule has 0 saturated heterocycles. The molecule has 0 fully saturated rings. The van der Waals surface area contributed by atoms with Gasteiger partial charge in [0.25, 0.3) is 0 Å². The van der Waals surface area contributed by atoms with Gasteiger partial charge < -0.3 is 10.6 Å². The van der Waals surface area contributed by atoms with Gasteiger partial charge in [-0.25, -0.2) is 0 Å². The molecule has 1 rings (SSSR count). The summed E-state index contributed by atoms with van der Waals surface area (Å²) in [6.45, 7) is 5.36. The van der Waals surface area contributed by atoms with Gasteiger partial charge in [0.2, 0.25) is 5.91 Å². The zero-order chi connectivity index (χ0) is 12.7. The molecule has 1 atom stereocenters. The molecule has 0 aliphatic heterocycles. The van der Waals surface area contributed by atoms with Crippen LogP contribution in [0.4, 0.5) is 0 Å². The fourth-order valence-corrected chi connectivity index (χ4v) is 1.63. The lowest BCUT2D eigenvalue weighted by molar-refractivity contribution is -0.122. The molecule has 0 radical (unpaired) electrons. The number of hydrogen-bond acceptors (Lipinski definition) is 2. The van der Waals surface area contributed by atoms with Crippen LogP contribution in [0.2, 0.25) is 0 Å². The van der Waals surface area contributed by atoms with Crippen LogP contribution in [0.15, 0.2) is 28.7 Å². The smallest absolute Gasteiger partial charge is 0.236 e. The Morgan fingerprint density at radius 1 is 1.35 bits per heavy atom. The van der Waals surface area contributed by atoms with Crippen LogP contribution < -0.4 is 10.6 Å². The number of amides is 1. The van der Waals surface area contributed by atoms with Crippen LogP contribution >= 0.6 is 15.9 Å². The van der Waals surface area contributed by atoms with E-state index in [1.165, 1.54) is 5.56 Å². The van der Waals surface area contributed by atoms with E-state index >= 15 is 0 Å². The largest absolute Gasteiger partial charge is 0.355 e. The molecule has 1 amide bonds. The minimum absolute atomic E-state index is 0.0592. The van der Waals surface area contributed by atoms with Gasteiger partial charge in [-0.15, -0.1) is 0 Å². The molecular formula is C13H19BrN2O. The number of carbonyl (C=O) groups excluding carboxylic acids is 1. The molecular weight excluding hydrogens is 280 g/mol. The molecule has 94 valence electrons. The van der Waals surface area contributed by atoms with E-state index in [-0.39, 0.29) is 11.9 Å². The topological polar surface area (TPSA) is 41.1 Å².